The molecule has 0 unspecified atom stereocenters. The van der Waals surface area contributed by atoms with E-state index in [2.05, 4.69) is 20.8 Å². The van der Waals surface area contributed by atoms with Crippen molar-refractivity contribution in [2.45, 2.75) is 11.3 Å². The van der Waals surface area contributed by atoms with Crippen LogP contribution in [0, 0.1) is 10.1 Å². The standard InChI is InChI=1S/C17H13F3N6O4S/c1-30-12-5-2-10(3-6-12)25-16(22-23-24-25)31-9-15(27)21-14-7-4-11(26(28)29)8-13(14)17(18,19)20/h2-8H,9H2,1H3,(H,21,27). The zero-order valence-corrected chi connectivity index (χ0v) is 16.5. The van der Waals surface area contributed by atoms with Crippen LogP contribution in [0.25, 0.3) is 5.69 Å². The van der Waals surface area contributed by atoms with Crippen LogP contribution >= 0.6 is 11.8 Å². The third-order valence-corrected chi connectivity index (χ3v) is 4.80. The molecule has 3 aromatic rings. The van der Waals surface area contributed by atoms with Crippen molar-refractivity contribution in [3.63, 3.8) is 0 Å². The number of amides is 1. The Kier molecular flexibility index (Phi) is 6.39. The number of thioether (sulfide) groups is 1. The highest BCUT2D eigenvalue weighted by molar-refractivity contribution is 7.99. The number of hydrogen-bond acceptors (Lipinski definition) is 8. The molecular formula is C17H13F3N6O4S. The van der Waals surface area contributed by atoms with Crippen LogP contribution in [-0.2, 0) is 11.0 Å². The minimum Gasteiger partial charge on any atom is -0.497 e. The molecule has 0 bridgehead atoms. The normalized spacial score (nSPS) is 11.2. The van der Waals surface area contributed by atoms with Gasteiger partial charge in [-0.15, -0.1) is 5.10 Å². The molecule has 0 aliphatic heterocycles. The van der Waals surface area contributed by atoms with Crippen LogP contribution in [0.3, 0.4) is 0 Å². The van der Waals surface area contributed by atoms with E-state index in [1.165, 1.54) is 11.8 Å². The molecule has 1 N–H and O–H groups in total. The Hall–Kier alpha value is -3.68. The maximum Gasteiger partial charge on any atom is 0.418 e. The van der Waals surface area contributed by atoms with Gasteiger partial charge in [0.05, 0.1) is 34.7 Å². The number of nitrogens with zero attached hydrogens (tertiary/aromatic N) is 5. The van der Waals surface area contributed by atoms with Crippen LogP contribution < -0.4 is 10.1 Å². The number of benzene rings is 2. The number of rotatable bonds is 7. The molecular weight excluding hydrogens is 441 g/mol. The molecule has 0 aliphatic rings. The third-order valence-electron chi connectivity index (χ3n) is 3.88. The molecule has 0 saturated heterocycles. The van der Waals surface area contributed by atoms with Crippen LogP contribution in [0.4, 0.5) is 24.5 Å². The number of non-ortho nitro benzene ring substituents is 1. The first kappa shape index (κ1) is 22.0. The van der Waals surface area contributed by atoms with Crippen molar-refractivity contribution in [2.75, 3.05) is 18.2 Å². The predicted octanol–water partition coefficient (Wildman–Crippen LogP) is 3.33. The van der Waals surface area contributed by atoms with Gasteiger partial charge in [-0.05, 0) is 40.8 Å². The lowest BCUT2D eigenvalue weighted by Gasteiger charge is -2.13. The molecule has 1 heterocycles. The number of methoxy groups -OCH3 is 1. The Balaban J connectivity index is 1.72. The van der Waals surface area contributed by atoms with Crippen molar-refractivity contribution < 1.29 is 27.6 Å². The summed E-state index contributed by atoms with van der Waals surface area (Å²) in [5, 5.41) is 24.3. The van der Waals surface area contributed by atoms with Gasteiger partial charge in [0.2, 0.25) is 11.1 Å². The van der Waals surface area contributed by atoms with Crippen molar-refractivity contribution in [3.8, 4) is 11.4 Å². The quantitative estimate of drug-likeness (QED) is 0.327. The Morgan fingerprint density at radius 2 is 1.97 bits per heavy atom. The average Bonchev–Trinajstić information content (AvgIpc) is 3.20. The van der Waals surface area contributed by atoms with E-state index in [1.54, 1.807) is 24.3 Å². The van der Waals surface area contributed by atoms with Gasteiger partial charge in [-0.2, -0.15) is 17.9 Å². The van der Waals surface area contributed by atoms with E-state index in [4.69, 9.17) is 4.74 Å². The molecule has 10 nitrogen and oxygen atoms in total. The van der Waals surface area contributed by atoms with Crippen molar-refractivity contribution in [1.29, 1.82) is 0 Å². The van der Waals surface area contributed by atoms with Gasteiger partial charge in [0.25, 0.3) is 5.69 Å². The van der Waals surface area contributed by atoms with E-state index >= 15 is 0 Å². The molecule has 0 fully saturated rings. The van der Waals surface area contributed by atoms with Gasteiger partial charge in [0.1, 0.15) is 5.75 Å². The first-order chi connectivity index (χ1) is 14.7. The summed E-state index contributed by atoms with van der Waals surface area (Å²) in [5.74, 6) is -0.451. The van der Waals surface area contributed by atoms with E-state index in [1.807, 2.05) is 0 Å². The predicted molar refractivity (Wildman–Crippen MR) is 103 cm³/mol. The van der Waals surface area contributed by atoms with Crippen molar-refractivity contribution in [1.82, 2.24) is 20.2 Å². The molecule has 3 rings (SSSR count). The zero-order valence-electron chi connectivity index (χ0n) is 15.7. The first-order valence-corrected chi connectivity index (χ1v) is 9.38. The molecule has 2 aromatic carbocycles. The summed E-state index contributed by atoms with van der Waals surface area (Å²) >= 11 is 0.901. The Morgan fingerprint density at radius 3 is 2.58 bits per heavy atom. The van der Waals surface area contributed by atoms with Crippen molar-refractivity contribution >= 4 is 29.0 Å². The molecule has 0 saturated carbocycles. The molecule has 0 aliphatic carbocycles. The Morgan fingerprint density at radius 1 is 1.26 bits per heavy atom. The summed E-state index contributed by atoms with van der Waals surface area (Å²) in [4.78, 5) is 22.0. The Bertz CT molecular complexity index is 1100. The van der Waals surface area contributed by atoms with E-state index in [0.717, 1.165) is 23.9 Å². The molecule has 0 radical (unpaired) electrons. The van der Waals surface area contributed by atoms with Gasteiger partial charge in [-0.3, -0.25) is 14.9 Å². The number of carbonyl (C=O) groups excluding carboxylic acids is 1. The fourth-order valence-corrected chi connectivity index (χ4v) is 3.15. The lowest BCUT2D eigenvalue weighted by atomic mass is 10.1. The Labute approximate surface area is 176 Å². The third kappa shape index (κ3) is 5.28. The van der Waals surface area contributed by atoms with E-state index in [9.17, 15) is 28.1 Å². The second-order valence-electron chi connectivity index (χ2n) is 5.89. The number of anilines is 1. The highest BCUT2D eigenvalue weighted by Gasteiger charge is 2.35. The van der Waals surface area contributed by atoms with Gasteiger partial charge in [-0.25, -0.2) is 0 Å². The monoisotopic (exact) mass is 454 g/mol. The smallest absolute Gasteiger partial charge is 0.418 e. The maximum atomic E-state index is 13.2. The number of ether oxygens (including phenoxy) is 1. The minimum atomic E-state index is -4.89. The average molecular weight is 454 g/mol. The van der Waals surface area contributed by atoms with Gasteiger partial charge < -0.3 is 10.1 Å². The molecule has 162 valence electrons. The SMILES string of the molecule is COc1ccc(-n2nnnc2SCC(=O)Nc2ccc([N+](=O)[O-])cc2C(F)(F)F)cc1. The molecule has 31 heavy (non-hydrogen) atoms. The second-order valence-corrected chi connectivity index (χ2v) is 6.84. The number of alkyl halides is 3. The molecule has 1 amide bonds. The number of tetrazole rings is 1. The fourth-order valence-electron chi connectivity index (χ4n) is 2.46. The molecule has 0 atom stereocenters. The van der Waals surface area contributed by atoms with Gasteiger partial charge >= 0.3 is 6.18 Å². The number of aromatic nitrogens is 4. The highest BCUT2D eigenvalue weighted by Crippen LogP contribution is 2.37. The molecule has 14 heteroatoms. The summed E-state index contributed by atoms with van der Waals surface area (Å²) in [6.45, 7) is 0. The van der Waals surface area contributed by atoms with E-state index < -0.39 is 33.9 Å². The van der Waals surface area contributed by atoms with Crippen LogP contribution in [0.2, 0.25) is 0 Å². The number of nitrogens with one attached hydrogen (secondary N) is 1. The maximum absolute atomic E-state index is 13.2. The first-order valence-electron chi connectivity index (χ1n) is 8.40. The van der Waals surface area contributed by atoms with Gasteiger partial charge in [-0.1, -0.05) is 11.8 Å². The number of hydrogen-bond donors (Lipinski definition) is 1. The summed E-state index contributed by atoms with van der Waals surface area (Å²) in [5.41, 5.74) is -2.05. The summed E-state index contributed by atoms with van der Waals surface area (Å²) in [7, 11) is 1.51. The van der Waals surface area contributed by atoms with Gasteiger partial charge in [0, 0.05) is 12.1 Å². The van der Waals surface area contributed by atoms with E-state index in [-0.39, 0.29) is 10.9 Å². The minimum absolute atomic E-state index is 0.236. The summed E-state index contributed by atoms with van der Waals surface area (Å²) in [6, 6.07) is 8.83. The number of carbonyl (C=O) groups is 1. The highest BCUT2D eigenvalue weighted by atomic mass is 32.2. The molecule has 1 aromatic heterocycles. The van der Waals surface area contributed by atoms with Crippen LogP contribution in [0.15, 0.2) is 47.6 Å². The number of nitro benzene ring substituents is 1. The number of nitro groups is 1. The van der Waals surface area contributed by atoms with Crippen LogP contribution in [-0.4, -0.2) is 43.9 Å². The number of halogens is 3. The van der Waals surface area contributed by atoms with Crippen LogP contribution in [0.5, 0.6) is 5.75 Å². The summed E-state index contributed by atoms with van der Waals surface area (Å²) in [6.07, 6.45) is -4.89. The second kappa shape index (κ2) is 8.99. The van der Waals surface area contributed by atoms with Crippen LogP contribution in [0.1, 0.15) is 5.56 Å². The lowest BCUT2D eigenvalue weighted by Crippen LogP contribution is -2.18. The van der Waals surface area contributed by atoms with Gasteiger partial charge in [0.15, 0.2) is 0 Å². The topological polar surface area (TPSA) is 125 Å². The largest absolute Gasteiger partial charge is 0.497 e. The summed E-state index contributed by atoms with van der Waals surface area (Å²) < 4.78 is 46.1. The zero-order chi connectivity index (χ0) is 22.6. The lowest BCUT2D eigenvalue weighted by molar-refractivity contribution is -0.385. The fraction of sp³-hybridized carbons (Fsp3) is 0.176. The van der Waals surface area contributed by atoms with Crippen molar-refractivity contribution in [2.24, 2.45) is 0 Å². The molecule has 0 spiro atoms. The van der Waals surface area contributed by atoms with Crippen molar-refractivity contribution in [3.05, 3.63) is 58.1 Å². The van der Waals surface area contributed by atoms with E-state index in [0.29, 0.717) is 17.5 Å².